The van der Waals surface area contributed by atoms with E-state index in [1.165, 1.54) is 0 Å². The second kappa shape index (κ2) is 7.58. The molecule has 1 unspecified atom stereocenters. The maximum atomic E-state index is 12.4. The van der Waals surface area contributed by atoms with Crippen LogP contribution in [0.15, 0.2) is 54.6 Å². The van der Waals surface area contributed by atoms with Crippen molar-refractivity contribution in [3.05, 3.63) is 60.2 Å². The first-order chi connectivity index (χ1) is 12.0. The highest BCUT2D eigenvalue weighted by Gasteiger charge is 2.34. The summed E-state index contributed by atoms with van der Waals surface area (Å²) in [6, 6.07) is 17.5. The molecule has 0 radical (unpaired) electrons. The van der Waals surface area contributed by atoms with Crippen molar-refractivity contribution in [2.75, 3.05) is 17.4 Å². The van der Waals surface area contributed by atoms with E-state index in [9.17, 15) is 13.2 Å². The number of alkyl halides is 1. The van der Waals surface area contributed by atoms with Crippen LogP contribution in [0.1, 0.15) is 12.0 Å². The SMILES string of the molecule is O=C(CCl)N(Cc1ccccc1-c1ccccc1)C1CCS(=O)(=O)C1. The highest BCUT2D eigenvalue weighted by Crippen LogP contribution is 2.27. The number of carbonyl (C=O) groups is 1. The number of amides is 1. The van der Waals surface area contributed by atoms with Gasteiger partial charge in [0.15, 0.2) is 9.84 Å². The van der Waals surface area contributed by atoms with Crippen LogP contribution in [0.25, 0.3) is 11.1 Å². The van der Waals surface area contributed by atoms with E-state index in [1.807, 2.05) is 54.6 Å². The van der Waals surface area contributed by atoms with Crippen LogP contribution in [0.5, 0.6) is 0 Å². The van der Waals surface area contributed by atoms with Crippen LogP contribution in [0.2, 0.25) is 0 Å². The maximum Gasteiger partial charge on any atom is 0.238 e. The van der Waals surface area contributed by atoms with Crippen LogP contribution in [-0.4, -0.2) is 42.7 Å². The number of benzene rings is 2. The van der Waals surface area contributed by atoms with Gasteiger partial charge in [-0.15, -0.1) is 11.6 Å². The van der Waals surface area contributed by atoms with Crippen LogP contribution in [0.3, 0.4) is 0 Å². The normalized spacial score (nSPS) is 18.8. The Morgan fingerprint density at radius 2 is 1.76 bits per heavy atom. The molecule has 1 heterocycles. The van der Waals surface area contributed by atoms with Gasteiger partial charge in [0, 0.05) is 12.6 Å². The highest BCUT2D eigenvalue weighted by atomic mass is 35.5. The summed E-state index contributed by atoms with van der Waals surface area (Å²) >= 11 is 5.78. The number of halogens is 1. The second-order valence-corrected chi connectivity index (χ2v) is 8.73. The lowest BCUT2D eigenvalue weighted by atomic mass is 9.99. The number of hydrogen-bond acceptors (Lipinski definition) is 3. The number of carbonyl (C=O) groups excluding carboxylic acids is 1. The molecule has 1 fully saturated rings. The maximum absolute atomic E-state index is 12.4. The first-order valence-electron chi connectivity index (χ1n) is 8.19. The lowest BCUT2D eigenvalue weighted by Crippen LogP contribution is -2.41. The molecule has 2 aromatic carbocycles. The largest absolute Gasteiger partial charge is 0.333 e. The number of nitrogens with zero attached hydrogens (tertiary/aromatic N) is 1. The van der Waals surface area contributed by atoms with Crippen molar-refractivity contribution in [1.82, 2.24) is 4.90 Å². The molecule has 0 N–H and O–H groups in total. The molecule has 1 amide bonds. The van der Waals surface area contributed by atoms with Gasteiger partial charge < -0.3 is 4.90 Å². The molecule has 0 saturated carbocycles. The van der Waals surface area contributed by atoms with Gasteiger partial charge in [-0.05, 0) is 23.1 Å². The average molecular weight is 378 g/mol. The molecule has 3 rings (SSSR count). The zero-order valence-corrected chi connectivity index (χ0v) is 15.3. The Kier molecular flexibility index (Phi) is 5.45. The molecule has 1 aliphatic heterocycles. The van der Waals surface area contributed by atoms with Crippen molar-refractivity contribution >= 4 is 27.3 Å². The third-order valence-electron chi connectivity index (χ3n) is 4.53. The molecule has 4 nitrogen and oxygen atoms in total. The minimum absolute atomic E-state index is 0.0170. The molecular weight excluding hydrogens is 358 g/mol. The number of sulfone groups is 1. The fraction of sp³-hybridized carbons (Fsp3) is 0.316. The van der Waals surface area contributed by atoms with Gasteiger partial charge in [-0.25, -0.2) is 8.42 Å². The molecule has 6 heteroatoms. The predicted octanol–water partition coefficient (Wildman–Crippen LogP) is 3.11. The van der Waals surface area contributed by atoms with E-state index in [1.54, 1.807) is 4.90 Å². The van der Waals surface area contributed by atoms with E-state index in [-0.39, 0.29) is 29.3 Å². The van der Waals surface area contributed by atoms with Gasteiger partial charge in [0.2, 0.25) is 5.91 Å². The Bertz CT molecular complexity index is 852. The van der Waals surface area contributed by atoms with Gasteiger partial charge in [0.25, 0.3) is 0 Å². The third-order valence-corrected chi connectivity index (χ3v) is 6.51. The Morgan fingerprint density at radius 1 is 1.08 bits per heavy atom. The standard InChI is InChI=1S/C19H20ClNO3S/c20-12-19(22)21(17-10-11-25(23,24)14-17)13-16-8-4-5-9-18(16)15-6-2-1-3-7-15/h1-9,17H,10-14H2. The third kappa shape index (κ3) is 4.22. The van der Waals surface area contributed by atoms with E-state index in [0.29, 0.717) is 13.0 Å². The monoisotopic (exact) mass is 377 g/mol. The first kappa shape index (κ1) is 18.0. The summed E-state index contributed by atoms with van der Waals surface area (Å²) in [5, 5.41) is 0. The molecule has 1 saturated heterocycles. The minimum atomic E-state index is -3.07. The minimum Gasteiger partial charge on any atom is -0.333 e. The number of hydrogen-bond donors (Lipinski definition) is 0. The lowest BCUT2D eigenvalue weighted by molar-refractivity contribution is -0.131. The van der Waals surface area contributed by atoms with Gasteiger partial charge in [0.1, 0.15) is 5.88 Å². The molecular formula is C19H20ClNO3S. The summed E-state index contributed by atoms with van der Waals surface area (Å²) in [5.41, 5.74) is 3.09. The molecule has 25 heavy (non-hydrogen) atoms. The molecule has 132 valence electrons. The van der Waals surface area contributed by atoms with Crippen molar-refractivity contribution in [3.63, 3.8) is 0 Å². The van der Waals surface area contributed by atoms with E-state index < -0.39 is 9.84 Å². The van der Waals surface area contributed by atoms with Crippen LogP contribution < -0.4 is 0 Å². The molecule has 0 bridgehead atoms. The second-order valence-electron chi connectivity index (χ2n) is 6.24. The summed E-state index contributed by atoms with van der Waals surface area (Å²) in [4.78, 5) is 14.0. The van der Waals surface area contributed by atoms with E-state index >= 15 is 0 Å². The Morgan fingerprint density at radius 3 is 2.40 bits per heavy atom. The molecule has 0 aromatic heterocycles. The Balaban J connectivity index is 1.92. The van der Waals surface area contributed by atoms with Crippen molar-refractivity contribution in [2.24, 2.45) is 0 Å². The van der Waals surface area contributed by atoms with Crippen molar-refractivity contribution in [3.8, 4) is 11.1 Å². The summed E-state index contributed by atoms with van der Waals surface area (Å²) in [6.45, 7) is 0.358. The average Bonchev–Trinajstić information content (AvgIpc) is 2.99. The topological polar surface area (TPSA) is 54.5 Å². The van der Waals surface area contributed by atoms with Crippen LogP contribution in [0, 0.1) is 0 Å². The van der Waals surface area contributed by atoms with Gasteiger partial charge in [-0.2, -0.15) is 0 Å². The van der Waals surface area contributed by atoms with E-state index in [2.05, 4.69) is 0 Å². The smallest absolute Gasteiger partial charge is 0.238 e. The molecule has 1 aliphatic rings. The Hall–Kier alpha value is -1.85. The lowest BCUT2D eigenvalue weighted by Gasteiger charge is -2.28. The quantitative estimate of drug-likeness (QED) is 0.752. The first-order valence-corrected chi connectivity index (χ1v) is 10.5. The summed E-state index contributed by atoms with van der Waals surface area (Å²) in [5.74, 6) is -0.233. The molecule has 0 aliphatic carbocycles. The van der Waals surface area contributed by atoms with Crippen LogP contribution >= 0.6 is 11.6 Å². The van der Waals surface area contributed by atoms with E-state index in [4.69, 9.17) is 11.6 Å². The van der Waals surface area contributed by atoms with Crippen LogP contribution in [0.4, 0.5) is 0 Å². The fourth-order valence-corrected chi connectivity index (χ4v) is 5.14. The van der Waals surface area contributed by atoms with Gasteiger partial charge in [-0.3, -0.25) is 4.79 Å². The molecule has 2 aromatic rings. The highest BCUT2D eigenvalue weighted by molar-refractivity contribution is 7.91. The van der Waals surface area contributed by atoms with Crippen LogP contribution in [-0.2, 0) is 21.2 Å². The van der Waals surface area contributed by atoms with Gasteiger partial charge in [0.05, 0.1) is 11.5 Å². The zero-order chi connectivity index (χ0) is 17.9. The van der Waals surface area contributed by atoms with Gasteiger partial charge in [-0.1, -0.05) is 54.6 Å². The van der Waals surface area contributed by atoms with Gasteiger partial charge >= 0.3 is 0 Å². The number of rotatable bonds is 5. The van der Waals surface area contributed by atoms with Crippen molar-refractivity contribution in [1.29, 1.82) is 0 Å². The zero-order valence-electron chi connectivity index (χ0n) is 13.8. The van der Waals surface area contributed by atoms with E-state index in [0.717, 1.165) is 16.7 Å². The summed E-state index contributed by atoms with van der Waals surface area (Å²) < 4.78 is 23.7. The summed E-state index contributed by atoms with van der Waals surface area (Å²) in [7, 11) is -3.07. The fourth-order valence-electron chi connectivity index (χ4n) is 3.26. The molecule has 1 atom stereocenters. The van der Waals surface area contributed by atoms with Crippen molar-refractivity contribution in [2.45, 2.75) is 19.0 Å². The van der Waals surface area contributed by atoms with Crippen molar-refractivity contribution < 1.29 is 13.2 Å². The Labute approximate surface area is 153 Å². The summed E-state index contributed by atoms with van der Waals surface area (Å²) in [6.07, 6.45) is 0.471. The predicted molar refractivity (Wildman–Crippen MR) is 100 cm³/mol. The molecule has 0 spiro atoms.